The summed E-state index contributed by atoms with van der Waals surface area (Å²) in [4.78, 5) is 12.0. The van der Waals surface area contributed by atoms with Crippen LogP contribution in [0.5, 0.6) is 0 Å². The summed E-state index contributed by atoms with van der Waals surface area (Å²) in [5.74, 6) is -45.6. The highest BCUT2D eigenvalue weighted by Crippen LogP contribution is 2.60. The van der Waals surface area contributed by atoms with Crippen LogP contribution in [-0.4, -0.2) is 71.4 Å². The maximum atomic E-state index is 13.8. The molecule has 0 radical (unpaired) electrons. The Morgan fingerprint density at radius 3 is 1.47 bits per heavy atom. The van der Waals surface area contributed by atoms with Gasteiger partial charge in [0.05, 0.1) is 18.9 Å². The third-order valence-corrected chi connectivity index (χ3v) is 11.0. The van der Waals surface area contributed by atoms with Crippen LogP contribution in [0.2, 0.25) is 38.8 Å². The van der Waals surface area contributed by atoms with E-state index in [0.717, 1.165) is 0 Å². The molecule has 0 N–H and O–H groups in total. The predicted molar refractivity (Wildman–Crippen MR) is 107 cm³/mol. The van der Waals surface area contributed by atoms with Crippen LogP contribution < -0.4 is 0 Å². The summed E-state index contributed by atoms with van der Waals surface area (Å²) in [5.41, 5.74) is 0. The minimum absolute atomic E-state index is 0.0742. The second-order valence-electron chi connectivity index (χ2n) is 9.84. The van der Waals surface area contributed by atoms with Gasteiger partial charge in [-0.15, -0.1) is 0 Å². The molecule has 18 heteroatoms. The average molecular weight is 595 g/mol. The molecule has 0 saturated heterocycles. The van der Waals surface area contributed by atoms with Crippen molar-refractivity contribution in [2.24, 2.45) is 5.92 Å². The van der Waals surface area contributed by atoms with Gasteiger partial charge in [-0.3, -0.25) is 4.79 Å². The Morgan fingerprint density at radius 1 is 0.722 bits per heavy atom. The molecule has 1 atom stereocenters. The molecule has 36 heavy (non-hydrogen) atoms. The van der Waals surface area contributed by atoms with E-state index in [1.165, 1.54) is 6.92 Å². The highest BCUT2D eigenvalue weighted by Gasteiger charge is 2.89. The number of esters is 1. The van der Waals surface area contributed by atoms with Crippen molar-refractivity contribution in [1.29, 1.82) is 0 Å². The van der Waals surface area contributed by atoms with Crippen molar-refractivity contribution < 1.29 is 70.7 Å². The minimum Gasteiger partial charge on any atom is -0.465 e. The zero-order valence-corrected chi connectivity index (χ0v) is 22.0. The van der Waals surface area contributed by atoms with Crippen molar-refractivity contribution in [3.05, 3.63) is 0 Å². The largest absolute Gasteiger partial charge is 0.465 e. The van der Waals surface area contributed by atoms with Crippen molar-refractivity contribution in [1.82, 2.24) is 0 Å². The molecule has 0 aromatic rings. The lowest BCUT2D eigenvalue weighted by atomic mass is 9.91. The fourth-order valence-electron chi connectivity index (χ4n) is 3.21. The highest BCUT2D eigenvalue weighted by atomic mass is 28.4. The van der Waals surface area contributed by atoms with Gasteiger partial charge in [-0.25, -0.2) is 4.39 Å². The zero-order chi connectivity index (χ0) is 29.4. The van der Waals surface area contributed by atoms with Crippen LogP contribution >= 0.6 is 0 Å². The first-order chi connectivity index (χ1) is 15.5. The molecule has 1 unspecified atom stereocenters. The Kier molecular flexibility index (Phi) is 10.3. The highest BCUT2D eigenvalue weighted by molar-refractivity contribution is 6.84. The van der Waals surface area contributed by atoms with Crippen LogP contribution in [0.15, 0.2) is 0 Å². The summed E-state index contributed by atoms with van der Waals surface area (Å²) in [5, 5.41) is 0. The minimum atomic E-state index is -7.82. The van der Waals surface area contributed by atoms with Gasteiger partial charge in [0.15, 0.2) is 23.3 Å². The van der Waals surface area contributed by atoms with Crippen LogP contribution in [0.25, 0.3) is 0 Å². The van der Waals surface area contributed by atoms with Gasteiger partial charge in [0.2, 0.25) is 0 Å². The molecule has 0 amide bonds. The van der Waals surface area contributed by atoms with Gasteiger partial charge in [0.25, 0.3) is 0 Å². The lowest BCUT2D eigenvalue weighted by Crippen LogP contribution is -2.71. The third kappa shape index (κ3) is 7.08. The third-order valence-electron chi connectivity index (χ3n) is 4.71. The summed E-state index contributed by atoms with van der Waals surface area (Å²) in [6.45, 7) is 4.83. The SMILES string of the molecule is CC(C[Si](C)(C)O[Si](C)(C)C)C(=O)OCCC(F)(F)C(F)(F)C(F)(F)C(F)(F)C(F)(F)C(F)(F)CF. The Balaban J connectivity index is 5.57. The van der Waals surface area contributed by atoms with Gasteiger partial charge in [-0.1, -0.05) is 6.92 Å². The van der Waals surface area contributed by atoms with Crippen LogP contribution in [-0.2, 0) is 13.6 Å². The molecule has 0 spiro atoms. The molecule has 0 aromatic carbocycles. The molecule has 0 fully saturated rings. The molecule has 0 aliphatic carbocycles. The lowest BCUT2D eigenvalue weighted by molar-refractivity contribution is -0.426. The number of halogens is 13. The fourth-order valence-corrected chi connectivity index (χ4v) is 11.8. The van der Waals surface area contributed by atoms with Gasteiger partial charge in [-0.2, -0.15) is 52.7 Å². The van der Waals surface area contributed by atoms with Gasteiger partial charge in [0, 0.05) is 0 Å². The molecule has 0 rings (SSSR count). The molecule has 0 aromatic heterocycles. The number of hydrogen-bond donors (Lipinski definition) is 0. The number of carbonyl (C=O) groups excluding carboxylic acids is 1. The molecule has 0 aliphatic heterocycles. The average Bonchev–Trinajstić information content (AvgIpc) is 2.64. The van der Waals surface area contributed by atoms with Crippen LogP contribution in [0.4, 0.5) is 57.1 Å². The maximum absolute atomic E-state index is 13.8. The van der Waals surface area contributed by atoms with Crippen molar-refractivity contribution >= 4 is 22.6 Å². The number of ether oxygens (including phenoxy) is 1. The van der Waals surface area contributed by atoms with Crippen LogP contribution in [0.1, 0.15) is 13.3 Å². The summed E-state index contributed by atoms with van der Waals surface area (Å²) in [6, 6.07) is 0.0742. The van der Waals surface area contributed by atoms with E-state index < -0.39 is 83.8 Å². The molecule has 3 nitrogen and oxygen atoms in total. The second-order valence-corrected chi connectivity index (χ2v) is 18.8. The van der Waals surface area contributed by atoms with E-state index >= 15 is 0 Å². The Labute approximate surface area is 200 Å². The topological polar surface area (TPSA) is 35.5 Å². The first-order valence-corrected chi connectivity index (χ1v) is 16.7. The van der Waals surface area contributed by atoms with E-state index in [4.69, 9.17) is 4.12 Å². The Bertz CT molecular complexity index is 768. The van der Waals surface area contributed by atoms with Gasteiger partial charge in [0.1, 0.15) is 0 Å². The molecule has 0 aliphatic rings. The lowest BCUT2D eigenvalue weighted by Gasteiger charge is -2.40. The molecular weight excluding hydrogens is 567 g/mol. The molecule has 216 valence electrons. The molecule has 0 bridgehead atoms. The summed E-state index contributed by atoms with van der Waals surface area (Å²) in [7, 11) is -4.55. The standard InChI is InChI=1S/C18H27F13O3Si2/c1-11(9-36(5,6)34-35(2,3)4)12(32)33-8-7-13(20,21)15(24,25)17(28,29)18(30,31)16(26,27)14(22,23)10-19/h11H,7-10H2,1-6H3. The van der Waals surface area contributed by atoms with Crippen molar-refractivity contribution in [3.8, 4) is 0 Å². The van der Waals surface area contributed by atoms with Crippen molar-refractivity contribution in [2.45, 2.75) is 87.7 Å². The first-order valence-electron chi connectivity index (χ1n) is 10.2. The maximum Gasteiger partial charge on any atom is 0.384 e. The number of alkyl halides is 13. The van der Waals surface area contributed by atoms with E-state index in [9.17, 15) is 61.9 Å². The monoisotopic (exact) mass is 594 g/mol. The summed E-state index contributed by atoms with van der Waals surface area (Å²) < 4.78 is 184. The smallest absolute Gasteiger partial charge is 0.384 e. The van der Waals surface area contributed by atoms with Gasteiger partial charge < -0.3 is 8.85 Å². The van der Waals surface area contributed by atoms with E-state index in [0.29, 0.717) is 0 Å². The second kappa shape index (κ2) is 10.6. The van der Waals surface area contributed by atoms with Crippen molar-refractivity contribution in [2.75, 3.05) is 13.3 Å². The first kappa shape index (κ1) is 35.0. The number of rotatable bonds is 14. The normalized spacial score (nSPS) is 16.2. The summed E-state index contributed by atoms with van der Waals surface area (Å²) >= 11 is 0. The molecule has 0 saturated carbocycles. The molecule has 0 heterocycles. The Morgan fingerprint density at radius 2 is 1.11 bits per heavy atom. The van der Waals surface area contributed by atoms with Gasteiger partial charge in [-0.05, 0) is 38.8 Å². The van der Waals surface area contributed by atoms with E-state index in [2.05, 4.69) is 4.74 Å². The number of hydrogen-bond acceptors (Lipinski definition) is 3. The van der Waals surface area contributed by atoms with E-state index in [-0.39, 0.29) is 6.04 Å². The predicted octanol–water partition coefficient (Wildman–Crippen LogP) is 7.39. The van der Waals surface area contributed by atoms with E-state index in [1.54, 1.807) is 13.1 Å². The van der Waals surface area contributed by atoms with Crippen molar-refractivity contribution in [3.63, 3.8) is 0 Å². The zero-order valence-electron chi connectivity index (χ0n) is 20.0. The number of carbonyl (C=O) groups is 1. The van der Waals surface area contributed by atoms with Crippen LogP contribution in [0, 0.1) is 5.92 Å². The molecular formula is C18H27F13O3Si2. The quantitative estimate of drug-likeness (QED) is 0.120. The van der Waals surface area contributed by atoms with Crippen LogP contribution in [0.3, 0.4) is 0 Å². The van der Waals surface area contributed by atoms with E-state index in [1.807, 2.05) is 19.6 Å². The fraction of sp³-hybridized carbons (Fsp3) is 0.944. The van der Waals surface area contributed by atoms with Gasteiger partial charge >= 0.3 is 41.5 Å². The summed E-state index contributed by atoms with van der Waals surface area (Å²) in [6.07, 6.45) is -2.55. The Hall–Kier alpha value is -1.05.